The average molecular weight is 287 g/mol. The van der Waals surface area contributed by atoms with E-state index in [0.717, 1.165) is 24.3 Å². The Balaban J connectivity index is 1.94. The maximum atomic E-state index is 3.69. The first-order chi connectivity index (χ1) is 10.0. The van der Waals surface area contributed by atoms with Gasteiger partial charge in [-0.3, -0.25) is 0 Å². The molecule has 0 amide bonds. The number of nitrogens with one attached hydrogen (secondary N) is 1. The Hall–Kier alpha value is -0.820. The summed E-state index contributed by atoms with van der Waals surface area (Å²) >= 11 is 0. The summed E-state index contributed by atoms with van der Waals surface area (Å²) in [6.07, 6.45) is 6.96. The highest BCUT2D eigenvalue weighted by Crippen LogP contribution is 2.32. The second kappa shape index (κ2) is 7.98. The van der Waals surface area contributed by atoms with E-state index < -0.39 is 0 Å². The predicted molar refractivity (Wildman–Crippen MR) is 92.8 cm³/mol. The van der Waals surface area contributed by atoms with Crippen molar-refractivity contribution in [1.82, 2.24) is 5.32 Å². The van der Waals surface area contributed by atoms with Crippen LogP contribution in [0.2, 0.25) is 0 Å². The number of benzene rings is 1. The van der Waals surface area contributed by atoms with Crippen molar-refractivity contribution in [1.29, 1.82) is 0 Å². The molecule has 21 heavy (non-hydrogen) atoms. The SMILES string of the molecule is Cc1cc(C)cc(CC2CCCCC2CNCC(C)C)c1. The van der Waals surface area contributed by atoms with Crippen LogP contribution in [0.1, 0.15) is 56.2 Å². The highest BCUT2D eigenvalue weighted by Gasteiger charge is 2.25. The quantitative estimate of drug-likeness (QED) is 0.785. The molecule has 2 atom stereocenters. The summed E-state index contributed by atoms with van der Waals surface area (Å²) in [6, 6.07) is 7.06. The van der Waals surface area contributed by atoms with Gasteiger partial charge in [-0.05, 0) is 69.5 Å². The van der Waals surface area contributed by atoms with Gasteiger partial charge >= 0.3 is 0 Å². The van der Waals surface area contributed by atoms with Gasteiger partial charge in [0.1, 0.15) is 0 Å². The lowest BCUT2D eigenvalue weighted by Gasteiger charge is -2.32. The topological polar surface area (TPSA) is 12.0 Å². The maximum absolute atomic E-state index is 3.69. The van der Waals surface area contributed by atoms with Gasteiger partial charge in [-0.15, -0.1) is 0 Å². The Morgan fingerprint density at radius 3 is 2.24 bits per heavy atom. The van der Waals surface area contributed by atoms with Gasteiger partial charge in [-0.25, -0.2) is 0 Å². The van der Waals surface area contributed by atoms with Crippen molar-refractivity contribution in [2.45, 2.75) is 59.8 Å². The molecule has 1 aromatic rings. The third kappa shape index (κ3) is 5.47. The molecular weight excluding hydrogens is 254 g/mol. The van der Waals surface area contributed by atoms with Gasteiger partial charge in [0.05, 0.1) is 0 Å². The second-order valence-electron chi connectivity index (χ2n) is 7.56. The van der Waals surface area contributed by atoms with Crippen LogP contribution in [-0.4, -0.2) is 13.1 Å². The van der Waals surface area contributed by atoms with Crippen molar-refractivity contribution in [3.8, 4) is 0 Å². The van der Waals surface area contributed by atoms with Crippen LogP contribution >= 0.6 is 0 Å². The summed E-state index contributed by atoms with van der Waals surface area (Å²) in [4.78, 5) is 0. The molecule has 0 bridgehead atoms. The van der Waals surface area contributed by atoms with Gasteiger partial charge in [0.25, 0.3) is 0 Å². The van der Waals surface area contributed by atoms with Crippen LogP contribution in [0.15, 0.2) is 18.2 Å². The molecule has 1 nitrogen and oxygen atoms in total. The third-order valence-corrected chi connectivity index (χ3v) is 4.80. The van der Waals surface area contributed by atoms with Crippen molar-refractivity contribution in [2.75, 3.05) is 13.1 Å². The molecule has 0 spiro atoms. The Morgan fingerprint density at radius 1 is 1.00 bits per heavy atom. The molecule has 1 N–H and O–H groups in total. The molecule has 1 aliphatic carbocycles. The first-order valence-electron chi connectivity index (χ1n) is 8.82. The molecule has 1 aromatic carbocycles. The normalized spacial score (nSPS) is 22.7. The van der Waals surface area contributed by atoms with Crippen LogP contribution < -0.4 is 5.32 Å². The van der Waals surface area contributed by atoms with E-state index in [1.807, 2.05) is 0 Å². The molecule has 0 aliphatic heterocycles. The van der Waals surface area contributed by atoms with Crippen LogP contribution in [0.25, 0.3) is 0 Å². The summed E-state index contributed by atoms with van der Waals surface area (Å²) in [5.41, 5.74) is 4.37. The molecule has 1 saturated carbocycles. The average Bonchev–Trinajstić information content (AvgIpc) is 2.39. The lowest BCUT2D eigenvalue weighted by atomic mass is 9.76. The van der Waals surface area contributed by atoms with Gasteiger partial charge in [0, 0.05) is 0 Å². The maximum Gasteiger partial charge on any atom is -0.00176 e. The molecule has 118 valence electrons. The Morgan fingerprint density at radius 2 is 1.62 bits per heavy atom. The van der Waals surface area contributed by atoms with Gasteiger partial charge in [0.2, 0.25) is 0 Å². The molecular formula is C20H33N. The van der Waals surface area contributed by atoms with Crippen molar-refractivity contribution in [2.24, 2.45) is 17.8 Å². The van der Waals surface area contributed by atoms with E-state index in [4.69, 9.17) is 0 Å². The fourth-order valence-corrected chi connectivity index (χ4v) is 3.87. The number of rotatable bonds is 6. The van der Waals surface area contributed by atoms with Crippen molar-refractivity contribution < 1.29 is 0 Å². The molecule has 2 unspecified atom stereocenters. The first-order valence-corrected chi connectivity index (χ1v) is 8.82. The number of aryl methyl sites for hydroxylation is 2. The van der Waals surface area contributed by atoms with E-state index in [1.165, 1.54) is 49.8 Å². The second-order valence-corrected chi connectivity index (χ2v) is 7.56. The van der Waals surface area contributed by atoms with Crippen LogP contribution in [0.4, 0.5) is 0 Å². The minimum absolute atomic E-state index is 0.756. The minimum Gasteiger partial charge on any atom is -0.316 e. The van der Waals surface area contributed by atoms with Crippen molar-refractivity contribution in [3.63, 3.8) is 0 Å². The van der Waals surface area contributed by atoms with Crippen LogP contribution in [0.3, 0.4) is 0 Å². The van der Waals surface area contributed by atoms with Gasteiger partial charge < -0.3 is 5.32 Å². The molecule has 1 aliphatic rings. The van der Waals surface area contributed by atoms with E-state index in [2.05, 4.69) is 51.2 Å². The molecule has 1 fully saturated rings. The molecule has 1 heteroatoms. The van der Waals surface area contributed by atoms with Gasteiger partial charge in [-0.2, -0.15) is 0 Å². The number of hydrogen-bond acceptors (Lipinski definition) is 1. The monoisotopic (exact) mass is 287 g/mol. The number of hydrogen-bond donors (Lipinski definition) is 1. The summed E-state index contributed by atoms with van der Waals surface area (Å²) in [5.74, 6) is 2.50. The highest BCUT2D eigenvalue weighted by molar-refractivity contribution is 5.28. The lowest BCUT2D eigenvalue weighted by Crippen LogP contribution is -2.33. The predicted octanol–water partition coefficient (Wildman–Crippen LogP) is 4.90. The fraction of sp³-hybridized carbons (Fsp3) is 0.700. The highest BCUT2D eigenvalue weighted by atomic mass is 14.9. The van der Waals surface area contributed by atoms with E-state index in [0.29, 0.717) is 0 Å². The van der Waals surface area contributed by atoms with Gasteiger partial charge in [-0.1, -0.05) is 56.0 Å². The van der Waals surface area contributed by atoms with Crippen molar-refractivity contribution in [3.05, 3.63) is 34.9 Å². The zero-order valence-electron chi connectivity index (χ0n) is 14.4. The van der Waals surface area contributed by atoms with Crippen LogP contribution in [-0.2, 0) is 6.42 Å². The lowest BCUT2D eigenvalue weighted by molar-refractivity contribution is 0.226. The van der Waals surface area contributed by atoms with Crippen molar-refractivity contribution >= 4 is 0 Å². The van der Waals surface area contributed by atoms with Crippen LogP contribution in [0, 0.1) is 31.6 Å². The molecule has 0 heterocycles. The van der Waals surface area contributed by atoms with Crippen LogP contribution in [0.5, 0.6) is 0 Å². The summed E-state index contributed by atoms with van der Waals surface area (Å²) in [5, 5.41) is 3.69. The zero-order valence-corrected chi connectivity index (χ0v) is 14.4. The largest absolute Gasteiger partial charge is 0.316 e. The Kier molecular flexibility index (Phi) is 6.29. The molecule has 0 saturated heterocycles. The Bertz CT molecular complexity index is 415. The van der Waals surface area contributed by atoms with E-state index in [1.54, 1.807) is 5.56 Å². The standard InChI is InChI=1S/C20H33N/c1-15(2)13-21-14-20-8-6-5-7-19(20)12-18-10-16(3)9-17(4)11-18/h9-11,15,19-21H,5-8,12-14H2,1-4H3. The van der Waals surface area contributed by atoms with Gasteiger partial charge in [0.15, 0.2) is 0 Å². The third-order valence-electron chi connectivity index (χ3n) is 4.80. The summed E-state index contributed by atoms with van der Waals surface area (Å²) in [6.45, 7) is 11.4. The van der Waals surface area contributed by atoms with E-state index in [-0.39, 0.29) is 0 Å². The molecule has 2 rings (SSSR count). The smallest absolute Gasteiger partial charge is 0.00176 e. The minimum atomic E-state index is 0.756. The molecule has 0 radical (unpaired) electrons. The fourth-order valence-electron chi connectivity index (χ4n) is 3.87. The van der Waals surface area contributed by atoms with E-state index >= 15 is 0 Å². The van der Waals surface area contributed by atoms with E-state index in [9.17, 15) is 0 Å². The molecule has 0 aromatic heterocycles. The zero-order chi connectivity index (χ0) is 15.2. The first kappa shape index (κ1) is 16.5. The summed E-state index contributed by atoms with van der Waals surface area (Å²) in [7, 11) is 0. The summed E-state index contributed by atoms with van der Waals surface area (Å²) < 4.78 is 0. The Labute approximate surface area is 131 Å².